The molecule has 0 saturated heterocycles. The van der Waals surface area contributed by atoms with Gasteiger partial charge in [-0.2, -0.15) is 0 Å². The minimum absolute atomic E-state index is 0.0257. The van der Waals surface area contributed by atoms with Crippen molar-refractivity contribution in [2.24, 2.45) is 0 Å². The zero-order valence-electron chi connectivity index (χ0n) is 20.5. The fraction of sp³-hybridized carbons (Fsp3) is 0.600. The van der Waals surface area contributed by atoms with Gasteiger partial charge in [-0.3, -0.25) is 9.78 Å². The number of anilines is 1. The van der Waals surface area contributed by atoms with E-state index >= 15 is 0 Å². The molecule has 0 bridgehead atoms. The third-order valence-electron chi connectivity index (χ3n) is 5.33. The van der Waals surface area contributed by atoms with Crippen LogP contribution < -0.4 is 10.2 Å². The SMILES string of the molecule is CN(c1nc(-c2ccccn2)nc2c1CCC2)[C@H](CCOC(C)(C)C)C(=O)NC(C)(C)C. The summed E-state index contributed by atoms with van der Waals surface area (Å²) in [6, 6.07) is 5.33. The van der Waals surface area contributed by atoms with Crippen molar-refractivity contribution in [2.75, 3.05) is 18.6 Å². The number of rotatable bonds is 7. The Kier molecular flexibility index (Phi) is 7.18. The molecule has 0 spiro atoms. The van der Waals surface area contributed by atoms with Gasteiger partial charge < -0.3 is 15.0 Å². The highest BCUT2D eigenvalue weighted by Gasteiger charge is 2.31. The number of pyridine rings is 1. The Morgan fingerprint density at radius 2 is 1.91 bits per heavy atom. The Morgan fingerprint density at radius 1 is 1.16 bits per heavy atom. The topological polar surface area (TPSA) is 80.2 Å². The van der Waals surface area contributed by atoms with Crippen LogP contribution in [0.3, 0.4) is 0 Å². The van der Waals surface area contributed by atoms with Gasteiger partial charge in [-0.05, 0) is 72.9 Å². The Hall–Kier alpha value is -2.54. The Balaban J connectivity index is 1.96. The average molecular weight is 440 g/mol. The number of likely N-dealkylation sites (N-methyl/N-ethyl adjacent to an activating group) is 1. The second kappa shape index (κ2) is 9.53. The van der Waals surface area contributed by atoms with Crippen molar-refractivity contribution in [2.45, 2.75) is 84.4 Å². The van der Waals surface area contributed by atoms with Gasteiger partial charge in [0.05, 0.1) is 5.60 Å². The summed E-state index contributed by atoms with van der Waals surface area (Å²) in [5.74, 6) is 1.40. The quantitative estimate of drug-likeness (QED) is 0.704. The summed E-state index contributed by atoms with van der Waals surface area (Å²) in [5, 5.41) is 3.14. The zero-order chi connectivity index (χ0) is 23.5. The second-order valence-electron chi connectivity index (χ2n) is 10.5. The molecule has 1 N–H and O–H groups in total. The Labute approximate surface area is 192 Å². The summed E-state index contributed by atoms with van der Waals surface area (Å²) in [6.07, 6.45) is 5.20. The van der Waals surface area contributed by atoms with Crippen LogP contribution in [0.15, 0.2) is 24.4 Å². The third kappa shape index (κ3) is 6.25. The number of amides is 1. The molecule has 7 heteroatoms. The van der Waals surface area contributed by atoms with E-state index in [-0.39, 0.29) is 17.0 Å². The number of nitrogens with one attached hydrogen (secondary N) is 1. The molecular formula is C25H37N5O2. The number of hydrogen-bond donors (Lipinski definition) is 1. The van der Waals surface area contributed by atoms with E-state index in [0.717, 1.165) is 42.0 Å². The third-order valence-corrected chi connectivity index (χ3v) is 5.33. The predicted octanol–water partition coefficient (Wildman–Crippen LogP) is 3.95. The van der Waals surface area contributed by atoms with Gasteiger partial charge in [0.15, 0.2) is 5.82 Å². The molecule has 7 nitrogen and oxygen atoms in total. The van der Waals surface area contributed by atoms with Gasteiger partial charge in [-0.1, -0.05) is 6.07 Å². The van der Waals surface area contributed by atoms with Gasteiger partial charge in [0.25, 0.3) is 0 Å². The Morgan fingerprint density at radius 3 is 2.53 bits per heavy atom. The van der Waals surface area contributed by atoms with Crippen molar-refractivity contribution >= 4 is 11.7 Å². The van der Waals surface area contributed by atoms with E-state index in [9.17, 15) is 4.79 Å². The van der Waals surface area contributed by atoms with Gasteiger partial charge in [-0.25, -0.2) is 9.97 Å². The molecular weight excluding hydrogens is 402 g/mol. The summed E-state index contributed by atoms with van der Waals surface area (Å²) in [4.78, 5) is 29.5. The summed E-state index contributed by atoms with van der Waals surface area (Å²) in [7, 11) is 1.95. The maximum absolute atomic E-state index is 13.3. The maximum Gasteiger partial charge on any atom is 0.243 e. The molecule has 0 aromatic carbocycles. The van der Waals surface area contributed by atoms with Crippen molar-refractivity contribution in [3.05, 3.63) is 35.7 Å². The van der Waals surface area contributed by atoms with Crippen molar-refractivity contribution in [3.63, 3.8) is 0 Å². The first-order chi connectivity index (χ1) is 14.9. The standard InChI is InChI=1S/C25H37N5O2/c1-24(2,3)29-23(31)20(14-16-32-25(4,5)6)30(7)22-17-11-10-13-18(17)27-21(28-22)19-12-8-9-15-26-19/h8-9,12,15,20H,10-11,13-14,16H2,1-7H3,(H,29,31)/t20-/m1/s1. The molecule has 0 aliphatic heterocycles. The molecule has 2 heterocycles. The lowest BCUT2D eigenvalue weighted by atomic mass is 10.1. The smallest absolute Gasteiger partial charge is 0.243 e. The maximum atomic E-state index is 13.3. The van der Waals surface area contributed by atoms with Crippen LogP contribution in [-0.4, -0.2) is 51.7 Å². The van der Waals surface area contributed by atoms with E-state index < -0.39 is 6.04 Å². The van der Waals surface area contributed by atoms with Crippen LogP contribution in [-0.2, 0) is 22.4 Å². The molecule has 1 atom stereocenters. The van der Waals surface area contributed by atoms with Gasteiger partial charge in [0, 0.05) is 43.1 Å². The number of aryl methyl sites for hydroxylation is 1. The summed E-state index contributed by atoms with van der Waals surface area (Å²) in [6.45, 7) is 12.5. The van der Waals surface area contributed by atoms with Crippen LogP contribution in [0.2, 0.25) is 0 Å². The lowest BCUT2D eigenvalue weighted by Gasteiger charge is -2.33. The number of fused-ring (bicyclic) bond motifs is 1. The number of carbonyl (C=O) groups excluding carboxylic acids is 1. The molecule has 0 radical (unpaired) electrons. The Bertz CT molecular complexity index is 932. The van der Waals surface area contributed by atoms with Gasteiger partial charge in [0.2, 0.25) is 5.91 Å². The lowest BCUT2D eigenvalue weighted by Crippen LogP contribution is -2.52. The molecule has 32 heavy (non-hydrogen) atoms. The minimum Gasteiger partial charge on any atom is -0.376 e. The van der Waals surface area contributed by atoms with Crippen LogP contribution in [0, 0.1) is 0 Å². The summed E-state index contributed by atoms with van der Waals surface area (Å²) < 4.78 is 5.96. The molecule has 174 valence electrons. The van der Waals surface area contributed by atoms with Gasteiger partial charge in [-0.15, -0.1) is 0 Å². The average Bonchev–Trinajstić information content (AvgIpc) is 3.17. The molecule has 1 aliphatic carbocycles. The monoisotopic (exact) mass is 439 g/mol. The minimum atomic E-state index is -0.409. The van der Waals surface area contributed by atoms with E-state index in [1.54, 1.807) is 6.20 Å². The first kappa shape index (κ1) is 24.1. The first-order valence-corrected chi connectivity index (χ1v) is 11.4. The van der Waals surface area contributed by atoms with Crippen molar-refractivity contribution in [3.8, 4) is 11.5 Å². The lowest BCUT2D eigenvalue weighted by molar-refractivity contribution is -0.124. The largest absolute Gasteiger partial charge is 0.376 e. The van der Waals surface area contributed by atoms with Crippen LogP contribution >= 0.6 is 0 Å². The van der Waals surface area contributed by atoms with Gasteiger partial charge >= 0.3 is 0 Å². The molecule has 1 amide bonds. The van der Waals surface area contributed by atoms with E-state index in [1.165, 1.54) is 0 Å². The number of carbonyl (C=O) groups is 1. The van der Waals surface area contributed by atoms with Crippen LogP contribution in [0.4, 0.5) is 5.82 Å². The van der Waals surface area contributed by atoms with E-state index in [4.69, 9.17) is 14.7 Å². The van der Waals surface area contributed by atoms with Crippen molar-refractivity contribution in [1.29, 1.82) is 0 Å². The molecule has 0 saturated carbocycles. The van der Waals surface area contributed by atoms with E-state index in [1.807, 2.05) is 71.7 Å². The highest BCUT2D eigenvalue weighted by molar-refractivity contribution is 5.85. The van der Waals surface area contributed by atoms with Crippen LogP contribution in [0.5, 0.6) is 0 Å². The van der Waals surface area contributed by atoms with Gasteiger partial charge in [0.1, 0.15) is 17.6 Å². The molecule has 1 aliphatic rings. The fourth-order valence-electron chi connectivity index (χ4n) is 3.89. The predicted molar refractivity (Wildman–Crippen MR) is 128 cm³/mol. The highest BCUT2D eigenvalue weighted by atomic mass is 16.5. The first-order valence-electron chi connectivity index (χ1n) is 11.4. The number of nitrogens with zero attached hydrogens (tertiary/aromatic N) is 4. The van der Waals surface area contributed by atoms with Crippen molar-refractivity contribution < 1.29 is 9.53 Å². The second-order valence-corrected chi connectivity index (χ2v) is 10.5. The molecule has 2 aromatic heterocycles. The molecule has 2 aromatic rings. The number of aromatic nitrogens is 3. The van der Waals surface area contributed by atoms with Crippen LogP contribution in [0.1, 0.15) is 65.6 Å². The fourth-order valence-corrected chi connectivity index (χ4v) is 3.89. The number of ether oxygens (including phenoxy) is 1. The highest BCUT2D eigenvalue weighted by Crippen LogP contribution is 2.32. The van der Waals surface area contributed by atoms with Crippen molar-refractivity contribution in [1.82, 2.24) is 20.3 Å². The molecule has 0 unspecified atom stereocenters. The van der Waals surface area contributed by atoms with E-state index in [0.29, 0.717) is 18.9 Å². The summed E-state index contributed by atoms with van der Waals surface area (Å²) in [5.41, 5.74) is 2.35. The van der Waals surface area contributed by atoms with Crippen LogP contribution in [0.25, 0.3) is 11.5 Å². The molecule has 3 rings (SSSR count). The molecule has 0 fully saturated rings. The van der Waals surface area contributed by atoms with E-state index in [2.05, 4.69) is 10.3 Å². The zero-order valence-corrected chi connectivity index (χ0v) is 20.5. The normalized spacial score (nSPS) is 14.7. The summed E-state index contributed by atoms with van der Waals surface area (Å²) >= 11 is 0. The number of hydrogen-bond acceptors (Lipinski definition) is 6.